The van der Waals surface area contributed by atoms with Crippen LogP contribution in [0.5, 0.6) is 0 Å². The van der Waals surface area contributed by atoms with Crippen molar-refractivity contribution in [1.82, 2.24) is 20.2 Å². The van der Waals surface area contributed by atoms with Crippen LogP contribution in [-0.2, 0) is 0 Å². The van der Waals surface area contributed by atoms with Gasteiger partial charge < -0.3 is 20.3 Å². The molecule has 1 aliphatic rings. The summed E-state index contributed by atoms with van der Waals surface area (Å²) in [5.41, 5.74) is 2.08. The van der Waals surface area contributed by atoms with Crippen molar-refractivity contribution in [2.24, 2.45) is 5.92 Å². The standard InChI is InChI=1S/C19H24N4O2/c1-13(21-19(25)22-17-6-3-15(11-17)12-24)16-4-7-18(8-5-16)23-10-9-20-14(23)2/h3-10,13,15,17,24H,11-12H2,1-2H3,(H2,21,22,25)/t13?,15-,17+/m0/s1. The molecule has 3 rings (SSSR count). The van der Waals surface area contributed by atoms with Gasteiger partial charge in [0.1, 0.15) is 5.82 Å². The van der Waals surface area contributed by atoms with E-state index in [0.717, 1.165) is 23.5 Å². The van der Waals surface area contributed by atoms with Crippen LogP contribution in [0.4, 0.5) is 4.79 Å². The van der Waals surface area contributed by atoms with Crippen molar-refractivity contribution in [2.45, 2.75) is 32.4 Å². The summed E-state index contributed by atoms with van der Waals surface area (Å²) in [5, 5.41) is 15.0. The first kappa shape index (κ1) is 17.2. The molecule has 6 heteroatoms. The van der Waals surface area contributed by atoms with E-state index in [0.29, 0.717) is 0 Å². The van der Waals surface area contributed by atoms with Gasteiger partial charge in [-0.3, -0.25) is 0 Å². The van der Waals surface area contributed by atoms with E-state index in [9.17, 15) is 4.79 Å². The summed E-state index contributed by atoms with van der Waals surface area (Å²) in [6.07, 6.45) is 8.33. The van der Waals surface area contributed by atoms with Crippen molar-refractivity contribution in [3.8, 4) is 5.69 Å². The summed E-state index contributed by atoms with van der Waals surface area (Å²) in [6, 6.07) is 7.74. The highest BCUT2D eigenvalue weighted by atomic mass is 16.3. The van der Waals surface area contributed by atoms with Crippen molar-refractivity contribution in [3.63, 3.8) is 0 Å². The van der Waals surface area contributed by atoms with Gasteiger partial charge >= 0.3 is 6.03 Å². The number of carbonyl (C=O) groups excluding carboxylic acids is 1. The fourth-order valence-electron chi connectivity index (χ4n) is 3.08. The molecule has 0 radical (unpaired) electrons. The summed E-state index contributed by atoms with van der Waals surface area (Å²) in [4.78, 5) is 16.4. The molecule has 0 aliphatic heterocycles. The Bertz CT molecular complexity index is 751. The molecule has 1 aliphatic carbocycles. The summed E-state index contributed by atoms with van der Waals surface area (Å²) < 4.78 is 2.01. The molecule has 1 unspecified atom stereocenters. The molecule has 3 atom stereocenters. The van der Waals surface area contributed by atoms with Gasteiger partial charge in [-0.25, -0.2) is 9.78 Å². The van der Waals surface area contributed by atoms with Gasteiger partial charge in [0.2, 0.25) is 0 Å². The molecule has 25 heavy (non-hydrogen) atoms. The zero-order valence-corrected chi connectivity index (χ0v) is 14.5. The number of amides is 2. The van der Waals surface area contributed by atoms with Gasteiger partial charge in [-0.1, -0.05) is 24.3 Å². The third-order valence-corrected chi connectivity index (χ3v) is 4.57. The van der Waals surface area contributed by atoms with E-state index in [1.807, 2.05) is 61.0 Å². The highest BCUT2D eigenvalue weighted by Crippen LogP contribution is 2.18. The van der Waals surface area contributed by atoms with E-state index in [1.54, 1.807) is 6.20 Å². The van der Waals surface area contributed by atoms with E-state index in [4.69, 9.17) is 5.11 Å². The minimum absolute atomic E-state index is 0.0176. The molecule has 3 N–H and O–H groups in total. The second-order valence-electron chi connectivity index (χ2n) is 6.45. The highest BCUT2D eigenvalue weighted by Gasteiger charge is 2.20. The largest absolute Gasteiger partial charge is 0.396 e. The van der Waals surface area contributed by atoms with E-state index in [-0.39, 0.29) is 30.6 Å². The van der Waals surface area contributed by atoms with Crippen LogP contribution in [0.2, 0.25) is 0 Å². The summed E-state index contributed by atoms with van der Waals surface area (Å²) in [7, 11) is 0. The van der Waals surface area contributed by atoms with E-state index < -0.39 is 0 Å². The number of aliphatic hydroxyl groups is 1. The molecule has 0 saturated carbocycles. The zero-order chi connectivity index (χ0) is 17.8. The van der Waals surface area contributed by atoms with Crippen molar-refractivity contribution < 1.29 is 9.90 Å². The monoisotopic (exact) mass is 340 g/mol. The molecule has 1 heterocycles. The average molecular weight is 340 g/mol. The van der Waals surface area contributed by atoms with E-state index in [1.165, 1.54) is 0 Å². The van der Waals surface area contributed by atoms with Crippen LogP contribution in [0.25, 0.3) is 5.69 Å². The maximum absolute atomic E-state index is 12.1. The molecule has 1 aromatic carbocycles. The van der Waals surface area contributed by atoms with Gasteiger partial charge in [0.25, 0.3) is 0 Å². The maximum atomic E-state index is 12.1. The Balaban J connectivity index is 1.56. The van der Waals surface area contributed by atoms with Gasteiger partial charge in [0.05, 0.1) is 6.04 Å². The number of hydrogen-bond acceptors (Lipinski definition) is 3. The van der Waals surface area contributed by atoms with Crippen molar-refractivity contribution in [3.05, 3.63) is 60.2 Å². The van der Waals surface area contributed by atoms with Crippen LogP contribution in [0, 0.1) is 12.8 Å². The van der Waals surface area contributed by atoms with Gasteiger partial charge in [0.15, 0.2) is 0 Å². The zero-order valence-electron chi connectivity index (χ0n) is 14.5. The molecule has 2 aromatic rings. The minimum Gasteiger partial charge on any atom is -0.396 e. The molecule has 132 valence electrons. The highest BCUT2D eigenvalue weighted by molar-refractivity contribution is 5.75. The van der Waals surface area contributed by atoms with Crippen molar-refractivity contribution >= 4 is 6.03 Å². The van der Waals surface area contributed by atoms with Crippen LogP contribution in [0.3, 0.4) is 0 Å². The average Bonchev–Trinajstić information content (AvgIpc) is 3.23. The predicted octanol–water partition coefficient (Wildman–Crippen LogP) is 2.48. The van der Waals surface area contributed by atoms with Gasteiger partial charge in [0, 0.05) is 36.6 Å². The third kappa shape index (κ3) is 4.09. The number of nitrogens with zero attached hydrogens (tertiary/aromatic N) is 2. The summed E-state index contributed by atoms with van der Waals surface area (Å²) in [6.45, 7) is 4.04. The lowest BCUT2D eigenvalue weighted by atomic mass is 10.1. The lowest BCUT2D eigenvalue weighted by Crippen LogP contribution is -2.41. The molecule has 0 spiro atoms. The quantitative estimate of drug-likeness (QED) is 0.732. The molecule has 1 aromatic heterocycles. The number of imidazole rings is 1. The Hall–Kier alpha value is -2.60. The molecule has 0 saturated heterocycles. The van der Waals surface area contributed by atoms with Gasteiger partial charge in [-0.15, -0.1) is 0 Å². The fraction of sp³-hybridized carbons (Fsp3) is 0.368. The number of nitrogens with one attached hydrogen (secondary N) is 2. The number of carbonyl (C=O) groups is 1. The predicted molar refractivity (Wildman–Crippen MR) is 96.5 cm³/mol. The Morgan fingerprint density at radius 3 is 2.72 bits per heavy atom. The first-order valence-corrected chi connectivity index (χ1v) is 8.53. The molecule has 6 nitrogen and oxygen atoms in total. The minimum atomic E-state index is -0.199. The lowest BCUT2D eigenvalue weighted by Gasteiger charge is -2.18. The van der Waals surface area contributed by atoms with Gasteiger partial charge in [-0.05, 0) is 38.0 Å². The van der Waals surface area contributed by atoms with E-state index >= 15 is 0 Å². The molecule has 0 fully saturated rings. The van der Waals surface area contributed by atoms with Crippen LogP contribution in [0.15, 0.2) is 48.8 Å². The Kier molecular flexibility index (Phi) is 5.19. The summed E-state index contributed by atoms with van der Waals surface area (Å²) >= 11 is 0. The van der Waals surface area contributed by atoms with Crippen LogP contribution in [0.1, 0.15) is 30.8 Å². The first-order valence-electron chi connectivity index (χ1n) is 8.53. The van der Waals surface area contributed by atoms with Crippen LogP contribution < -0.4 is 10.6 Å². The summed E-state index contributed by atoms with van der Waals surface area (Å²) in [5.74, 6) is 1.08. The number of benzene rings is 1. The fourth-order valence-corrected chi connectivity index (χ4v) is 3.08. The van der Waals surface area contributed by atoms with E-state index in [2.05, 4.69) is 15.6 Å². The number of rotatable bonds is 5. The van der Waals surface area contributed by atoms with Crippen LogP contribution in [-0.4, -0.2) is 33.3 Å². The van der Waals surface area contributed by atoms with Crippen molar-refractivity contribution in [1.29, 1.82) is 0 Å². The topological polar surface area (TPSA) is 79.2 Å². The van der Waals surface area contributed by atoms with Crippen LogP contribution >= 0.6 is 0 Å². The molecule has 0 bridgehead atoms. The molecular weight excluding hydrogens is 316 g/mol. The Labute approximate surface area is 147 Å². The number of aliphatic hydroxyl groups excluding tert-OH is 1. The smallest absolute Gasteiger partial charge is 0.315 e. The normalized spacial score (nSPS) is 20.4. The lowest BCUT2D eigenvalue weighted by molar-refractivity contribution is 0.229. The SMILES string of the molecule is Cc1nccn1-c1ccc(C(C)NC(=O)N[C@@H]2C=C[C@H](CO)C2)cc1. The Morgan fingerprint density at radius 1 is 1.36 bits per heavy atom. The maximum Gasteiger partial charge on any atom is 0.315 e. The number of hydrogen-bond donors (Lipinski definition) is 3. The number of aromatic nitrogens is 2. The number of aryl methyl sites for hydroxylation is 1. The Morgan fingerprint density at radius 2 is 2.12 bits per heavy atom. The van der Waals surface area contributed by atoms with Crippen molar-refractivity contribution in [2.75, 3.05) is 6.61 Å². The molecular formula is C19H24N4O2. The third-order valence-electron chi connectivity index (χ3n) is 4.57. The number of urea groups is 1. The molecule has 2 amide bonds. The van der Waals surface area contributed by atoms with Gasteiger partial charge in [-0.2, -0.15) is 0 Å². The first-order chi connectivity index (χ1) is 12.1. The second kappa shape index (κ2) is 7.53. The second-order valence-corrected chi connectivity index (χ2v) is 6.45.